The minimum absolute atomic E-state index is 0.203. The molecule has 0 aliphatic heterocycles. The molecule has 0 spiro atoms. The molecule has 0 fully saturated rings. The van der Waals surface area contributed by atoms with E-state index in [1.165, 1.54) is 6.07 Å². The van der Waals surface area contributed by atoms with Gasteiger partial charge in [-0.15, -0.1) is 0 Å². The van der Waals surface area contributed by atoms with Crippen molar-refractivity contribution in [1.29, 1.82) is 0 Å². The predicted octanol–water partition coefficient (Wildman–Crippen LogP) is 3.51. The highest BCUT2D eigenvalue weighted by Gasteiger charge is 2.16. The smallest absolute Gasteiger partial charge is 0.336 e. The number of carboxylic acids is 1. The van der Waals surface area contributed by atoms with Crippen LogP contribution in [0.1, 0.15) is 42.3 Å². The van der Waals surface area contributed by atoms with Gasteiger partial charge in [0.15, 0.2) is 0 Å². The molecule has 0 atom stereocenters. The van der Waals surface area contributed by atoms with E-state index in [0.717, 1.165) is 11.1 Å². The van der Waals surface area contributed by atoms with Crippen molar-refractivity contribution in [2.45, 2.75) is 34.6 Å². The number of nitrogens with zero attached hydrogens (tertiary/aromatic N) is 1. The number of carboxylic acid groups (broad SMARTS) is 1. The number of carbonyl (C=O) groups is 2. The Morgan fingerprint density at radius 2 is 1.90 bits per heavy atom. The van der Waals surface area contributed by atoms with E-state index in [4.69, 9.17) is 0 Å². The van der Waals surface area contributed by atoms with Crippen LogP contribution in [0, 0.1) is 19.8 Å². The van der Waals surface area contributed by atoms with Gasteiger partial charge < -0.3 is 15.3 Å². The maximum Gasteiger partial charge on any atom is 0.336 e. The maximum absolute atomic E-state index is 12.2. The van der Waals surface area contributed by atoms with Gasteiger partial charge in [-0.1, -0.05) is 13.8 Å². The van der Waals surface area contributed by atoms with Crippen LogP contribution in [0.4, 0.5) is 10.5 Å². The molecule has 1 aromatic rings. The van der Waals surface area contributed by atoms with E-state index >= 15 is 0 Å². The Morgan fingerprint density at radius 3 is 2.38 bits per heavy atom. The summed E-state index contributed by atoms with van der Waals surface area (Å²) in [6.07, 6.45) is 0. The Kier molecular flexibility index (Phi) is 5.76. The average molecular weight is 292 g/mol. The summed E-state index contributed by atoms with van der Waals surface area (Å²) < 4.78 is 0. The van der Waals surface area contributed by atoms with Crippen LogP contribution in [-0.4, -0.2) is 35.1 Å². The highest BCUT2D eigenvalue weighted by molar-refractivity contribution is 5.94. The van der Waals surface area contributed by atoms with E-state index in [2.05, 4.69) is 19.2 Å². The lowest BCUT2D eigenvalue weighted by Crippen LogP contribution is -2.37. The van der Waals surface area contributed by atoms with E-state index in [1.54, 1.807) is 17.9 Å². The number of carbonyl (C=O) groups excluding carboxylic acids is 1. The Bertz CT molecular complexity index is 539. The summed E-state index contributed by atoms with van der Waals surface area (Å²) in [4.78, 5) is 25.2. The van der Waals surface area contributed by atoms with Crippen molar-refractivity contribution in [3.63, 3.8) is 0 Å². The molecule has 5 nitrogen and oxygen atoms in total. The summed E-state index contributed by atoms with van der Waals surface area (Å²) in [6, 6.07) is 3.10. The normalized spacial score (nSPS) is 10.6. The van der Waals surface area contributed by atoms with Gasteiger partial charge >= 0.3 is 12.0 Å². The molecule has 0 saturated heterocycles. The van der Waals surface area contributed by atoms with Gasteiger partial charge in [-0.2, -0.15) is 0 Å². The van der Waals surface area contributed by atoms with Gasteiger partial charge in [0.05, 0.1) is 5.56 Å². The van der Waals surface area contributed by atoms with Gasteiger partial charge in [0.1, 0.15) is 0 Å². The SMILES string of the molecule is CCN(CC(C)C)C(=O)Nc1cc(C)c(C)c(C(=O)O)c1. The molecule has 0 aliphatic rings. The second kappa shape index (κ2) is 7.11. The minimum Gasteiger partial charge on any atom is -0.478 e. The third-order valence-corrected chi connectivity index (χ3v) is 3.40. The number of hydrogen-bond donors (Lipinski definition) is 2. The molecule has 0 bridgehead atoms. The van der Waals surface area contributed by atoms with Crippen molar-refractivity contribution in [1.82, 2.24) is 4.90 Å². The summed E-state index contributed by atoms with van der Waals surface area (Å²) in [5.41, 5.74) is 2.30. The van der Waals surface area contributed by atoms with Crippen molar-refractivity contribution in [3.05, 3.63) is 28.8 Å². The topological polar surface area (TPSA) is 69.6 Å². The van der Waals surface area contributed by atoms with Crippen molar-refractivity contribution < 1.29 is 14.7 Å². The highest BCUT2D eigenvalue weighted by Crippen LogP contribution is 2.20. The van der Waals surface area contributed by atoms with Crippen molar-refractivity contribution in [3.8, 4) is 0 Å². The Balaban J connectivity index is 2.97. The van der Waals surface area contributed by atoms with Gasteiger partial charge in [0, 0.05) is 18.8 Å². The second-order valence-electron chi connectivity index (χ2n) is 5.63. The fraction of sp³-hybridized carbons (Fsp3) is 0.500. The first-order chi connectivity index (χ1) is 9.76. The standard InChI is InChI=1S/C16H24N2O3/c1-6-18(9-10(2)3)16(21)17-13-7-11(4)12(5)14(8-13)15(19)20/h7-8,10H,6,9H2,1-5H3,(H,17,21)(H,19,20). The van der Waals surface area contributed by atoms with E-state index in [0.29, 0.717) is 24.7 Å². The zero-order valence-electron chi connectivity index (χ0n) is 13.4. The van der Waals surface area contributed by atoms with Gasteiger partial charge in [0.25, 0.3) is 0 Å². The van der Waals surface area contributed by atoms with Crippen LogP contribution in [0.2, 0.25) is 0 Å². The molecule has 1 aromatic carbocycles. The first-order valence-corrected chi connectivity index (χ1v) is 7.16. The molecule has 0 saturated carbocycles. The molecule has 2 N–H and O–H groups in total. The fourth-order valence-electron chi connectivity index (χ4n) is 2.15. The molecule has 2 amide bonds. The van der Waals surface area contributed by atoms with Crippen LogP contribution in [0.15, 0.2) is 12.1 Å². The summed E-state index contributed by atoms with van der Waals surface area (Å²) >= 11 is 0. The summed E-state index contributed by atoms with van der Waals surface area (Å²) in [6.45, 7) is 10.9. The van der Waals surface area contributed by atoms with E-state index in [1.807, 2.05) is 13.8 Å². The number of anilines is 1. The zero-order chi connectivity index (χ0) is 16.2. The molecular formula is C16H24N2O3. The lowest BCUT2D eigenvalue weighted by atomic mass is 10.0. The van der Waals surface area contributed by atoms with E-state index in [-0.39, 0.29) is 11.6 Å². The summed E-state index contributed by atoms with van der Waals surface area (Å²) in [5, 5.41) is 12.0. The number of nitrogens with one attached hydrogen (secondary N) is 1. The van der Waals surface area contributed by atoms with Crippen LogP contribution in [-0.2, 0) is 0 Å². The zero-order valence-corrected chi connectivity index (χ0v) is 13.4. The van der Waals surface area contributed by atoms with Gasteiger partial charge in [-0.05, 0) is 49.9 Å². The van der Waals surface area contributed by atoms with Gasteiger partial charge in [0.2, 0.25) is 0 Å². The third kappa shape index (κ3) is 4.48. The molecule has 0 heterocycles. The first kappa shape index (κ1) is 17.0. The first-order valence-electron chi connectivity index (χ1n) is 7.16. The summed E-state index contributed by atoms with van der Waals surface area (Å²) in [7, 11) is 0. The van der Waals surface area contributed by atoms with E-state index < -0.39 is 5.97 Å². The third-order valence-electron chi connectivity index (χ3n) is 3.40. The second-order valence-corrected chi connectivity index (χ2v) is 5.63. The average Bonchev–Trinajstić information content (AvgIpc) is 2.39. The number of urea groups is 1. The van der Waals surface area contributed by atoms with E-state index in [9.17, 15) is 14.7 Å². The quantitative estimate of drug-likeness (QED) is 0.872. The van der Waals surface area contributed by atoms with Crippen molar-refractivity contribution in [2.24, 2.45) is 5.92 Å². The number of hydrogen-bond acceptors (Lipinski definition) is 2. The van der Waals surface area contributed by atoms with Crippen LogP contribution in [0.3, 0.4) is 0 Å². The monoisotopic (exact) mass is 292 g/mol. The van der Waals surface area contributed by atoms with Gasteiger partial charge in [-0.3, -0.25) is 0 Å². The lowest BCUT2D eigenvalue weighted by molar-refractivity contribution is 0.0696. The van der Waals surface area contributed by atoms with Crippen LogP contribution in [0.5, 0.6) is 0 Å². The number of aromatic carboxylic acids is 1. The number of aryl methyl sites for hydroxylation is 1. The predicted molar refractivity (Wildman–Crippen MR) is 84.0 cm³/mol. The van der Waals surface area contributed by atoms with Crippen LogP contribution < -0.4 is 5.32 Å². The number of amides is 2. The molecule has 0 aliphatic carbocycles. The molecule has 0 aromatic heterocycles. The molecule has 5 heteroatoms. The number of benzene rings is 1. The van der Waals surface area contributed by atoms with Crippen LogP contribution in [0.25, 0.3) is 0 Å². The molecule has 1 rings (SSSR count). The van der Waals surface area contributed by atoms with Crippen LogP contribution >= 0.6 is 0 Å². The summed E-state index contributed by atoms with van der Waals surface area (Å²) in [5.74, 6) is -0.605. The number of rotatable bonds is 5. The molecule has 0 unspecified atom stereocenters. The molecule has 21 heavy (non-hydrogen) atoms. The van der Waals surface area contributed by atoms with Crippen molar-refractivity contribution >= 4 is 17.7 Å². The Labute approximate surface area is 126 Å². The lowest BCUT2D eigenvalue weighted by Gasteiger charge is -2.23. The largest absolute Gasteiger partial charge is 0.478 e. The molecular weight excluding hydrogens is 268 g/mol. The van der Waals surface area contributed by atoms with Gasteiger partial charge in [-0.25, -0.2) is 9.59 Å². The fourth-order valence-corrected chi connectivity index (χ4v) is 2.15. The molecule has 116 valence electrons. The maximum atomic E-state index is 12.2. The molecule has 0 radical (unpaired) electrons. The minimum atomic E-state index is -0.985. The Hall–Kier alpha value is -2.04. The van der Waals surface area contributed by atoms with Crippen molar-refractivity contribution in [2.75, 3.05) is 18.4 Å². The highest BCUT2D eigenvalue weighted by atomic mass is 16.4. The Morgan fingerprint density at radius 1 is 1.29 bits per heavy atom.